The maximum atomic E-state index is 13.5. The van der Waals surface area contributed by atoms with Crippen molar-refractivity contribution in [3.63, 3.8) is 0 Å². The van der Waals surface area contributed by atoms with E-state index in [2.05, 4.69) is 9.80 Å². The average Bonchev–Trinajstić information content (AvgIpc) is 3.24. The van der Waals surface area contributed by atoms with Gasteiger partial charge in [-0.05, 0) is 36.6 Å². The first-order valence-corrected chi connectivity index (χ1v) is 7.69. The van der Waals surface area contributed by atoms with E-state index >= 15 is 0 Å². The van der Waals surface area contributed by atoms with E-state index in [1.165, 1.54) is 18.9 Å². The molecular weight excluding hydrogens is 277 g/mol. The molecule has 0 radical (unpaired) electrons. The van der Waals surface area contributed by atoms with Gasteiger partial charge < -0.3 is 5.73 Å². The van der Waals surface area contributed by atoms with Gasteiger partial charge in [0.15, 0.2) is 0 Å². The molecule has 1 aliphatic carbocycles. The lowest BCUT2D eigenvalue weighted by Crippen LogP contribution is -2.49. The van der Waals surface area contributed by atoms with Crippen LogP contribution >= 0.6 is 11.6 Å². The van der Waals surface area contributed by atoms with E-state index in [9.17, 15) is 4.39 Å². The summed E-state index contributed by atoms with van der Waals surface area (Å²) in [4.78, 5) is 4.91. The Bertz CT molecular complexity index is 450. The van der Waals surface area contributed by atoms with Gasteiger partial charge in [0, 0.05) is 49.8 Å². The van der Waals surface area contributed by atoms with Gasteiger partial charge in [0.05, 0.1) is 0 Å². The van der Waals surface area contributed by atoms with Crippen LogP contribution in [-0.4, -0.2) is 48.6 Å². The van der Waals surface area contributed by atoms with Crippen LogP contribution in [0.4, 0.5) is 4.39 Å². The van der Waals surface area contributed by atoms with Crippen LogP contribution in [0.5, 0.6) is 0 Å². The van der Waals surface area contributed by atoms with Gasteiger partial charge >= 0.3 is 0 Å². The smallest absolute Gasteiger partial charge is 0.125 e. The second-order valence-electron chi connectivity index (χ2n) is 5.76. The SMILES string of the molecule is NCC(c1cc(F)cc(Cl)c1)N1CCN(C2CC2)CC1. The van der Waals surface area contributed by atoms with Crippen LogP contribution in [0.1, 0.15) is 24.4 Å². The summed E-state index contributed by atoms with van der Waals surface area (Å²) in [5.74, 6) is -0.289. The standard InChI is InChI=1S/C15H21ClFN3/c16-12-7-11(8-13(17)9-12)15(10-18)20-5-3-19(4-6-20)14-1-2-14/h7-9,14-15H,1-6,10,18H2. The van der Waals surface area contributed by atoms with Gasteiger partial charge in [-0.15, -0.1) is 0 Å². The lowest BCUT2D eigenvalue weighted by Gasteiger charge is -2.39. The number of nitrogens with zero attached hydrogens (tertiary/aromatic N) is 2. The molecule has 0 amide bonds. The first-order valence-electron chi connectivity index (χ1n) is 7.31. The van der Waals surface area contributed by atoms with Crippen molar-refractivity contribution in [2.75, 3.05) is 32.7 Å². The zero-order chi connectivity index (χ0) is 14.1. The van der Waals surface area contributed by atoms with Gasteiger partial charge in [-0.3, -0.25) is 9.80 Å². The Morgan fingerprint density at radius 2 is 1.90 bits per heavy atom. The third-order valence-electron chi connectivity index (χ3n) is 4.35. The van der Waals surface area contributed by atoms with Crippen molar-refractivity contribution in [2.24, 2.45) is 5.73 Å². The highest BCUT2D eigenvalue weighted by atomic mass is 35.5. The normalized spacial score (nSPS) is 22.9. The largest absolute Gasteiger partial charge is 0.329 e. The monoisotopic (exact) mass is 297 g/mol. The predicted octanol–water partition coefficient (Wildman–Crippen LogP) is 2.26. The minimum Gasteiger partial charge on any atom is -0.329 e. The Morgan fingerprint density at radius 1 is 1.20 bits per heavy atom. The summed E-state index contributed by atoms with van der Waals surface area (Å²) in [6, 6.07) is 5.59. The molecule has 3 nitrogen and oxygen atoms in total. The first kappa shape index (κ1) is 14.3. The summed E-state index contributed by atoms with van der Waals surface area (Å²) in [5.41, 5.74) is 6.81. The van der Waals surface area contributed by atoms with Crippen molar-refractivity contribution in [1.82, 2.24) is 9.80 Å². The van der Waals surface area contributed by atoms with E-state index < -0.39 is 0 Å². The molecular formula is C15H21ClFN3. The lowest BCUT2D eigenvalue weighted by molar-refractivity contribution is 0.0937. The number of nitrogens with two attached hydrogens (primary N) is 1. The highest BCUT2D eigenvalue weighted by Crippen LogP contribution is 2.30. The van der Waals surface area contributed by atoms with Crippen molar-refractivity contribution >= 4 is 11.6 Å². The lowest BCUT2D eigenvalue weighted by atomic mass is 10.0. The quantitative estimate of drug-likeness (QED) is 0.925. The molecule has 1 atom stereocenters. The highest BCUT2D eigenvalue weighted by molar-refractivity contribution is 6.30. The third-order valence-corrected chi connectivity index (χ3v) is 4.56. The van der Waals surface area contributed by atoms with Crippen molar-refractivity contribution in [3.8, 4) is 0 Å². The van der Waals surface area contributed by atoms with E-state index in [0.717, 1.165) is 37.8 Å². The predicted molar refractivity (Wildman–Crippen MR) is 79.4 cm³/mol. The van der Waals surface area contributed by atoms with E-state index in [1.54, 1.807) is 6.07 Å². The van der Waals surface area contributed by atoms with Gasteiger partial charge in [-0.25, -0.2) is 4.39 Å². The van der Waals surface area contributed by atoms with Crippen molar-refractivity contribution in [2.45, 2.75) is 24.9 Å². The van der Waals surface area contributed by atoms with E-state index in [0.29, 0.717) is 11.6 Å². The summed E-state index contributed by atoms with van der Waals surface area (Å²) in [6.45, 7) is 4.65. The molecule has 0 aromatic heterocycles. The molecule has 0 spiro atoms. The van der Waals surface area contributed by atoms with Gasteiger partial charge in [-0.2, -0.15) is 0 Å². The summed E-state index contributed by atoms with van der Waals surface area (Å²) in [7, 11) is 0. The number of halogens is 2. The topological polar surface area (TPSA) is 32.5 Å². The third kappa shape index (κ3) is 3.14. The number of benzene rings is 1. The maximum absolute atomic E-state index is 13.5. The Labute approximate surface area is 124 Å². The molecule has 0 bridgehead atoms. The Morgan fingerprint density at radius 3 is 2.45 bits per heavy atom. The fourth-order valence-electron chi connectivity index (χ4n) is 3.12. The first-order chi connectivity index (χ1) is 9.67. The van der Waals surface area contributed by atoms with Crippen LogP contribution in [0.3, 0.4) is 0 Å². The van der Waals surface area contributed by atoms with Crippen LogP contribution in [0.25, 0.3) is 0 Å². The Hall–Kier alpha value is -0.680. The van der Waals surface area contributed by atoms with Gasteiger partial charge in [0.1, 0.15) is 5.82 Å². The molecule has 1 aliphatic heterocycles. The zero-order valence-electron chi connectivity index (χ0n) is 11.6. The number of rotatable bonds is 4. The summed E-state index contributed by atoms with van der Waals surface area (Å²) < 4.78 is 13.5. The van der Waals surface area contributed by atoms with Crippen LogP contribution in [0.15, 0.2) is 18.2 Å². The number of piperazine rings is 1. The van der Waals surface area contributed by atoms with Crippen molar-refractivity contribution < 1.29 is 4.39 Å². The molecule has 20 heavy (non-hydrogen) atoms. The molecule has 1 aromatic carbocycles. The average molecular weight is 298 g/mol. The molecule has 3 rings (SSSR count). The van der Waals surface area contributed by atoms with Crippen molar-refractivity contribution in [1.29, 1.82) is 0 Å². The minimum absolute atomic E-state index is 0.0598. The van der Waals surface area contributed by atoms with Crippen LogP contribution < -0.4 is 5.73 Å². The molecule has 2 fully saturated rings. The molecule has 2 N–H and O–H groups in total. The fraction of sp³-hybridized carbons (Fsp3) is 0.600. The highest BCUT2D eigenvalue weighted by Gasteiger charge is 2.33. The fourth-order valence-corrected chi connectivity index (χ4v) is 3.35. The Balaban J connectivity index is 1.69. The molecule has 1 saturated heterocycles. The van der Waals surface area contributed by atoms with Crippen LogP contribution in [-0.2, 0) is 0 Å². The van der Waals surface area contributed by atoms with E-state index in [4.69, 9.17) is 17.3 Å². The number of hydrogen-bond donors (Lipinski definition) is 1. The molecule has 1 saturated carbocycles. The second-order valence-corrected chi connectivity index (χ2v) is 6.19. The van der Waals surface area contributed by atoms with E-state index in [-0.39, 0.29) is 11.9 Å². The molecule has 110 valence electrons. The van der Waals surface area contributed by atoms with Gasteiger partial charge in [-0.1, -0.05) is 11.6 Å². The second kappa shape index (κ2) is 5.98. The number of hydrogen-bond acceptors (Lipinski definition) is 3. The summed E-state index contributed by atoms with van der Waals surface area (Å²) >= 11 is 5.96. The summed E-state index contributed by atoms with van der Waals surface area (Å²) in [6.07, 6.45) is 2.69. The Kier molecular flexibility index (Phi) is 4.26. The molecule has 1 unspecified atom stereocenters. The zero-order valence-corrected chi connectivity index (χ0v) is 12.3. The van der Waals surface area contributed by atoms with Crippen molar-refractivity contribution in [3.05, 3.63) is 34.6 Å². The maximum Gasteiger partial charge on any atom is 0.125 e. The van der Waals surface area contributed by atoms with E-state index in [1.807, 2.05) is 6.07 Å². The van der Waals surface area contributed by atoms with Gasteiger partial charge in [0.25, 0.3) is 0 Å². The minimum atomic E-state index is -0.289. The molecule has 1 aromatic rings. The molecule has 1 heterocycles. The molecule has 2 aliphatic rings. The summed E-state index contributed by atoms with van der Waals surface area (Å²) in [5, 5.41) is 0.440. The van der Waals surface area contributed by atoms with Crippen LogP contribution in [0, 0.1) is 5.82 Å². The molecule has 5 heteroatoms. The van der Waals surface area contributed by atoms with Gasteiger partial charge in [0.2, 0.25) is 0 Å². The van der Waals surface area contributed by atoms with Crippen LogP contribution in [0.2, 0.25) is 5.02 Å².